The van der Waals surface area contributed by atoms with Crippen LogP contribution in [0.5, 0.6) is 0 Å². The smallest absolute Gasteiger partial charge is 0.176 e. The zero-order valence-corrected chi connectivity index (χ0v) is 21.1. The van der Waals surface area contributed by atoms with Crippen molar-refractivity contribution < 1.29 is 16.8 Å². The number of rotatable bonds is 6. The van der Waals surface area contributed by atoms with Crippen LogP contribution in [0.15, 0.2) is 95.0 Å². The predicted octanol–water partition coefficient (Wildman–Crippen LogP) is 4.61. The van der Waals surface area contributed by atoms with E-state index < -0.39 is 19.7 Å². The third-order valence-corrected chi connectivity index (χ3v) is 8.00. The van der Waals surface area contributed by atoms with Crippen molar-refractivity contribution in [1.29, 1.82) is 0 Å². The van der Waals surface area contributed by atoms with Crippen LogP contribution in [0.4, 0.5) is 0 Å². The number of aromatic amines is 2. The maximum absolute atomic E-state index is 12.2. The third kappa shape index (κ3) is 4.60. The average molecular weight is 519 g/mol. The molecular formula is C26H22N4O4S2. The van der Waals surface area contributed by atoms with Gasteiger partial charge in [-0.2, -0.15) is 0 Å². The molecule has 0 saturated carbocycles. The van der Waals surface area contributed by atoms with Crippen molar-refractivity contribution in [2.45, 2.75) is 9.79 Å². The van der Waals surface area contributed by atoms with E-state index in [1.807, 2.05) is 24.3 Å². The molecule has 0 saturated heterocycles. The van der Waals surface area contributed by atoms with Gasteiger partial charge in [0, 0.05) is 47.2 Å². The second kappa shape index (κ2) is 8.89. The molecule has 0 bridgehead atoms. The second-order valence-electron chi connectivity index (χ2n) is 8.39. The molecule has 0 spiro atoms. The average Bonchev–Trinajstić information content (AvgIpc) is 3.54. The number of benzene rings is 3. The van der Waals surface area contributed by atoms with E-state index in [-0.39, 0.29) is 9.79 Å². The maximum Gasteiger partial charge on any atom is 0.176 e. The lowest BCUT2D eigenvalue weighted by atomic mass is 10.1. The molecule has 2 N–H and O–H groups in total. The van der Waals surface area contributed by atoms with E-state index in [9.17, 15) is 16.8 Å². The first-order valence-corrected chi connectivity index (χ1v) is 14.7. The van der Waals surface area contributed by atoms with Gasteiger partial charge in [0.05, 0.1) is 21.2 Å². The lowest BCUT2D eigenvalue weighted by Crippen LogP contribution is -1.99. The van der Waals surface area contributed by atoms with Crippen LogP contribution in [0, 0.1) is 0 Å². The van der Waals surface area contributed by atoms with Crippen LogP contribution in [0.2, 0.25) is 0 Å². The van der Waals surface area contributed by atoms with Crippen LogP contribution < -0.4 is 0 Å². The zero-order valence-electron chi connectivity index (χ0n) is 19.4. The Morgan fingerprint density at radius 3 is 1.42 bits per heavy atom. The molecule has 0 atom stereocenters. The lowest BCUT2D eigenvalue weighted by molar-refractivity contribution is 0.600. The lowest BCUT2D eigenvalue weighted by Gasteiger charge is -2.05. The first-order valence-electron chi connectivity index (χ1n) is 10.9. The Balaban J connectivity index is 1.50. The normalized spacial score (nSPS) is 12.1. The van der Waals surface area contributed by atoms with Crippen molar-refractivity contribution in [3.8, 4) is 45.3 Å². The molecule has 36 heavy (non-hydrogen) atoms. The molecule has 0 aliphatic carbocycles. The van der Waals surface area contributed by atoms with E-state index in [2.05, 4.69) is 19.9 Å². The van der Waals surface area contributed by atoms with Gasteiger partial charge in [-0.15, -0.1) is 0 Å². The van der Waals surface area contributed by atoms with Crippen LogP contribution in [0.1, 0.15) is 0 Å². The van der Waals surface area contributed by atoms with Crippen molar-refractivity contribution in [3.63, 3.8) is 0 Å². The highest BCUT2D eigenvalue weighted by Gasteiger charge is 2.18. The molecule has 0 fully saturated rings. The van der Waals surface area contributed by atoms with Gasteiger partial charge < -0.3 is 9.97 Å². The minimum Gasteiger partial charge on any atom is -0.344 e. The minimum absolute atomic E-state index is 0.217. The highest BCUT2D eigenvalue weighted by molar-refractivity contribution is 7.91. The summed E-state index contributed by atoms with van der Waals surface area (Å²) in [4.78, 5) is 16.0. The predicted molar refractivity (Wildman–Crippen MR) is 139 cm³/mol. The number of hydrogen-bond acceptors (Lipinski definition) is 6. The van der Waals surface area contributed by atoms with Gasteiger partial charge in [-0.05, 0) is 18.2 Å². The molecule has 5 aromatic rings. The van der Waals surface area contributed by atoms with E-state index >= 15 is 0 Å². The number of H-pyrrole nitrogens is 2. The van der Waals surface area contributed by atoms with Crippen LogP contribution in [-0.4, -0.2) is 49.3 Å². The standard InChI is InChI=1S/C26H22N4O4S2/c1-35(31,32)23-12-5-3-10-19(23)21-15-27-25(29-21)17-8-7-9-18(14-17)26-28-16-22(30-26)20-11-4-6-13-24(20)36(2,33)34/h3-16H,1-2H3,(H,27,29)(H,28,30). The summed E-state index contributed by atoms with van der Waals surface area (Å²) < 4.78 is 48.8. The van der Waals surface area contributed by atoms with E-state index in [1.165, 1.54) is 12.5 Å². The first kappa shape index (κ1) is 23.7. The highest BCUT2D eigenvalue weighted by atomic mass is 32.2. The van der Waals surface area contributed by atoms with Gasteiger partial charge in [-0.25, -0.2) is 26.8 Å². The molecule has 2 heterocycles. The molecule has 10 heteroatoms. The molecule has 5 rings (SSSR count). The number of nitrogens with zero attached hydrogens (tertiary/aromatic N) is 2. The number of aromatic nitrogens is 4. The van der Waals surface area contributed by atoms with Gasteiger partial charge in [0.1, 0.15) is 11.6 Å². The number of imidazole rings is 2. The quantitative estimate of drug-likeness (QED) is 0.338. The van der Waals surface area contributed by atoms with Gasteiger partial charge in [0.2, 0.25) is 0 Å². The fourth-order valence-electron chi connectivity index (χ4n) is 4.03. The summed E-state index contributed by atoms with van der Waals surface area (Å²) in [5, 5.41) is 0. The summed E-state index contributed by atoms with van der Waals surface area (Å²) in [7, 11) is -6.83. The number of sulfone groups is 2. The Hall–Kier alpha value is -4.02. The Kier molecular flexibility index (Phi) is 5.85. The minimum atomic E-state index is -3.42. The number of nitrogens with one attached hydrogen (secondary N) is 2. The van der Waals surface area contributed by atoms with Crippen molar-refractivity contribution in [1.82, 2.24) is 19.9 Å². The van der Waals surface area contributed by atoms with Crippen molar-refractivity contribution >= 4 is 19.7 Å². The monoisotopic (exact) mass is 518 g/mol. The van der Waals surface area contributed by atoms with Crippen LogP contribution in [0.3, 0.4) is 0 Å². The van der Waals surface area contributed by atoms with Gasteiger partial charge in [0.25, 0.3) is 0 Å². The van der Waals surface area contributed by atoms with Crippen molar-refractivity contribution in [2.75, 3.05) is 12.5 Å². The summed E-state index contributed by atoms with van der Waals surface area (Å²) in [5.74, 6) is 1.15. The zero-order chi connectivity index (χ0) is 25.5. The van der Waals surface area contributed by atoms with Crippen LogP contribution in [-0.2, 0) is 19.7 Å². The topological polar surface area (TPSA) is 126 Å². The summed E-state index contributed by atoms with van der Waals surface area (Å²) in [6, 6.07) is 21.0. The van der Waals surface area contributed by atoms with Gasteiger partial charge in [-0.1, -0.05) is 54.6 Å². The molecule has 8 nitrogen and oxygen atoms in total. The SMILES string of the molecule is CS(=O)(=O)c1ccccc1-c1c[nH]c(-c2cccc(-c3nc(-c4ccccc4S(C)(=O)=O)c[nH]3)c2)n1. The molecule has 182 valence electrons. The summed E-state index contributed by atoms with van der Waals surface area (Å²) in [6.45, 7) is 0. The fourth-order valence-corrected chi connectivity index (χ4v) is 5.83. The van der Waals surface area contributed by atoms with Gasteiger partial charge >= 0.3 is 0 Å². The van der Waals surface area contributed by atoms with Gasteiger partial charge in [-0.3, -0.25) is 0 Å². The number of hydrogen-bond donors (Lipinski definition) is 2. The van der Waals surface area contributed by atoms with E-state index in [1.54, 1.807) is 60.9 Å². The molecule has 3 aromatic carbocycles. The molecular weight excluding hydrogens is 496 g/mol. The Morgan fingerprint density at radius 2 is 1.00 bits per heavy atom. The second-order valence-corrected chi connectivity index (χ2v) is 12.4. The van der Waals surface area contributed by atoms with Crippen LogP contribution >= 0.6 is 0 Å². The largest absolute Gasteiger partial charge is 0.344 e. The molecule has 0 amide bonds. The Labute approximate surface area is 208 Å². The maximum atomic E-state index is 12.2. The molecule has 0 aliphatic heterocycles. The van der Waals surface area contributed by atoms with E-state index in [4.69, 9.17) is 0 Å². The summed E-state index contributed by atoms with van der Waals surface area (Å²) in [5.41, 5.74) is 3.66. The fraction of sp³-hybridized carbons (Fsp3) is 0.0769. The van der Waals surface area contributed by atoms with E-state index in [0.29, 0.717) is 34.2 Å². The third-order valence-electron chi connectivity index (χ3n) is 5.69. The van der Waals surface area contributed by atoms with Crippen molar-refractivity contribution in [2.24, 2.45) is 0 Å². The molecule has 0 aliphatic rings. The Morgan fingerprint density at radius 1 is 0.583 bits per heavy atom. The summed E-state index contributed by atoms with van der Waals surface area (Å²) in [6.07, 6.45) is 5.71. The summed E-state index contributed by atoms with van der Waals surface area (Å²) >= 11 is 0. The van der Waals surface area contributed by atoms with Crippen LogP contribution in [0.25, 0.3) is 45.3 Å². The molecule has 0 unspecified atom stereocenters. The van der Waals surface area contributed by atoms with E-state index in [0.717, 1.165) is 11.1 Å². The Bertz CT molecular complexity index is 1670. The molecule has 0 radical (unpaired) electrons. The first-order chi connectivity index (χ1) is 17.1. The van der Waals surface area contributed by atoms with Crippen molar-refractivity contribution in [3.05, 3.63) is 85.2 Å². The molecule has 2 aromatic heterocycles. The highest BCUT2D eigenvalue weighted by Crippen LogP contribution is 2.31. The van der Waals surface area contributed by atoms with Gasteiger partial charge in [0.15, 0.2) is 19.7 Å².